The summed E-state index contributed by atoms with van der Waals surface area (Å²) in [5.74, 6) is 0.450. The average molecular weight is 587 g/mol. The minimum absolute atomic E-state index is 0.0186. The summed E-state index contributed by atoms with van der Waals surface area (Å²) < 4.78 is 40.0. The summed E-state index contributed by atoms with van der Waals surface area (Å²) in [5.41, 5.74) is 2.88. The molecule has 1 aromatic heterocycles. The second kappa shape index (κ2) is 12.5. The van der Waals surface area contributed by atoms with Crippen molar-refractivity contribution in [3.8, 4) is 5.75 Å². The summed E-state index contributed by atoms with van der Waals surface area (Å²) in [6.07, 6.45) is 1.78. The third kappa shape index (κ3) is 6.18. The van der Waals surface area contributed by atoms with Gasteiger partial charge in [-0.2, -0.15) is 4.31 Å². The molecule has 2 aliphatic rings. The molecule has 2 fully saturated rings. The van der Waals surface area contributed by atoms with Gasteiger partial charge in [-0.3, -0.25) is 14.6 Å². The van der Waals surface area contributed by atoms with Gasteiger partial charge in [0, 0.05) is 45.2 Å². The van der Waals surface area contributed by atoms with E-state index in [1.54, 1.807) is 19.2 Å². The molecule has 40 heavy (non-hydrogen) atoms. The summed E-state index contributed by atoms with van der Waals surface area (Å²) >= 11 is 1.52. The van der Waals surface area contributed by atoms with E-state index in [2.05, 4.69) is 4.90 Å². The number of fused-ring (bicyclic) bond motifs is 1. The number of amides is 1. The molecule has 11 heteroatoms. The van der Waals surface area contributed by atoms with Gasteiger partial charge in [-0.1, -0.05) is 35.1 Å². The predicted octanol–water partition coefficient (Wildman–Crippen LogP) is 4.08. The Kier molecular flexibility index (Phi) is 9.06. The van der Waals surface area contributed by atoms with E-state index < -0.39 is 10.0 Å². The zero-order valence-corrected chi connectivity index (χ0v) is 25.1. The number of rotatable bonds is 9. The van der Waals surface area contributed by atoms with Gasteiger partial charge in [0.15, 0.2) is 5.13 Å². The predicted molar refractivity (Wildman–Crippen MR) is 158 cm³/mol. The first-order valence-corrected chi connectivity index (χ1v) is 16.2. The molecule has 216 valence electrons. The number of hydrogen-bond acceptors (Lipinski definition) is 8. The molecule has 0 saturated carbocycles. The van der Waals surface area contributed by atoms with Gasteiger partial charge in [-0.15, -0.1) is 0 Å². The van der Waals surface area contributed by atoms with E-state index in [1.807, 2.05) is 43.0 Å². The number of morpholine rings is 1. The van der Waals surface area contributed by atoms with Crippen molar-refractivity contribution in [1.82, 2.24) is 14.2 Å². The molecule has 0 aliphatic carbocycles. The number of aromatic nitrogens is 1. The highest BCUT2D eigenvalue weighted by atomic mass is 32.2. The van der Waals surface area contributed by atoms with Gasteiger partial charge in [-0.05, 0) is 56.9 Å². The molecule has 0 N–H and O–H groups in total. The quantitative estimate of drug-likeness (QED) is 0.373. The van der Waals surface area contributed by atoms with Crippen LogP contribution in [0, 0.1) is 19.8 Å². The average Bonchev–Trinajstić information content (AvgIpc) is 3.42. The number of nitrogens with zero attached hydrogens (tertiary/aromatic N) is 4. The lowest BCUT2D eigenvalue weighted by Gasteiger charge is -2.33. The van der Waals surface area contributed by atoms with Crippen molar-refractivity contribution in [2.75, 3.05) is 64.5 Å². The van der Waals surface area contributed by atoms with E-state index in [0.29, 0.717) is 48.3 Å². The number of thiazole rings is 1. The number of methoxy groups -OCH3 is 1. The van der Waals surface area contributed by atoms with Gasteiger partial charge in [0.1, 0.15) is 11.3 Å². The minimum atomic E-state index is -3.59. The zero-order chi connectivity index (χ0) is 28.3. The lowest BCUT2D eigenvalue weighted by molar-refractivity contribution is -0.123. The van der Waals surface area contributed by atoms with Crippen molar-refractivity contribution >= 4 is 42.6 Å². The Morgan fingerprint density at radius 3 is 2.45 bits per heavy atom. The smallest absolute Gasteiger partial charge is 0.243 e. The maximum atomic E-state index is 14.0. The maximum absolute atomic E-state index is 14.0. The molecular weight excluding hydrogens is 548 g/mol. The first kappa shape index (κ1) is 28.9. The van der Waals surface area contributed by atoms with Crippen LogP contribution in [-0.2, 0) is 19.6 Å². The van der Waals surface area contributed by atoms with Gasteiger partial charge < -0.3 is 9.47 Å². The Bertz CT molecular complexity index is 1430. The van der Waals surface area contributed by atoms with E-state index in [-0.39, 0.29) is 11.8 Å². The van der Waals surface area contributed by atoms with Gasteiger partial charge in [0.05, 0.1) is 29.9 Å². The van der Waals surface area contributed by atoms with Crippen molar-refractivity contribution in [3.05, 3.63) is 47.5 Å². The number of anilines is 1. The molecule has 0 radical (unpaired) electrons. The van der Waals surface area contributed by atoms with Crippen molar-refractivity contribution < 1.29 is 22.7 Å². The SMILES string of the molecule is COc1ccc(C)c2sc(N(CCCN3CCOCC3)C(=O)C3CCN(S(=O)(=O)c4ccc(C)cc4)CC3)nc12. The number of carbonyl (C=O) groups excluding carboxylic acids is 1. The Hall–Kier alpha value is -2.57. The lowest BCUT2D eigenvalue weighted by Crippen LogP contribution is -2.45. The highest BCUT2D eigenvalue weighted by molar-refractivity contribution is 7.89. The minimum Gasteiger partial charge on any atom is -0.494 e. The van der Waals surface area contributed by atoms with Crippen LogP contribution in [0.2, 0.25) is 0 Å². The standard InChI is InChI=1S/C29H38N4O5S2/c1-21-5-8-24(9-6-21)40(35,36)32-15-11-23(12-16-32)28(34)33(14-4-13-31-17-19-38-20-18-31)29-30-26-25(37-3)10-7-22(2)27(26)39-29/h5-10,23H,4,11-20H2,1-3H3. The molecule has 0 atom stereocenters. The van der Waals surface area contributed by atoms with Crippen molar-refractivity contribution in [2.24, 2.45) is 5.92 Å². The van der Waals surface area contributed by atoms with Gasteiger partial charge in [0.2, 0.25) is 15.9 Å². The number of sulfonamides is 1. The highest BCUT2D eigenvalue weighted by Gasteiger charge is 2.35. The molecule has 9 nitrogen and oxygen atoms in total. The fraction of sp³-hybridized carbons (Fsp3) is 0.517. The number of aryl methyl sites for hydroxylation is 2. The molecule has 2 aromatic carbocycles. The zero-order valence-electron chi connectivity index (χ0n) is 23.5. The molecule has 1 amide bonds. The normalized spacial score (nSPS) is 17.8. The maximum Gasteiger partial charge on any atom is 0.243 e. The Morgan fingerprint density at radius 1 is 1.07 bits per heavy atom. The molecule has 3 heterocycles. The first-order chi connectivity index (χ1) is 19.3. The number of carbonyl (C=O) groups is 1. The molecule has 0 spiro atoms. The highest BCUT2D eigenvalue weighted by Crippen LogP contribution is 2.37. The number of hydrogen-bond donors (Lipinski definition) is 0. The first-order valence-electron chi connectivity index (χ1n) is 13.9. The van der Waals surface area contributed by atoms with E-state index in [9.17, 15) is 13.2 Å². The molecular formula is C29H38N4O5S2. The van der Waals surface area contributed by atoms with Crippen LogP contribution < -0.4 is 9.64 Å². The Labute approximate surface area is 240 Å². The van der Waals surface area contributed by atoms with E-state index in [1.165, 1.54) is 15.6 Å². The second-order valence-corrected chi connectivity index (χ2v) is 13.5. The van der Waals surface area contributed by atoms with Crippen LogP contribution in [0.3, 0.4) is 0 Å². The Balaban J connectivity index is 1.33. The van der Waals surface area contributed by atoms with Crippen molar-refractivity contribution in [3.63, 3.8) is 0 Å². The molecule has 0 bridgehead atoms. The van der Waals surface area contributed by atoms with Crippen molar-refractivity contribution in [2.45, 2.75) is 38.0 Å². The summed E-state index contributed by atoms with van der Waals surface area (Å²) in [7, 11) is -1.96. The van der Waals surface area contributed by atoms with Crippen molar-refractivity contribution in [1.29, 1.82) is 0 Å². The molecule has 2 aliphatic heterocycles. The van der Waals surface area contributed by atoms with Gasteiger partial charge in [0.25, 0.3) is 0 Å². The van der Waals surface area contributed by atoms with Crippen LogP contribution in [0.1, 0.15) is 30.4 Å². The molecule has 2 saturated heterocycles. The van der Waals surface area contributed by atoms with Crippen LogP contribution in [-0.4, -0.2) is 88.1 Å². The summed E-state index contributed by atoms with van der Waals surface area (Å²) in [6, 6.07) is 10.9. The number of benzene rings is 2. The van der Waals surface area contributed by atoms with Crippen LogP contribution >= 0.6 is 11.3 Å². The third-order valence-electron chi connectivity index (χ3n) is 7.83. The Morgan fingerprint density at radius 2 is 1.77 bits per heavy atom. The summed E-state index contributed by atoms with van der Waals surface area (Å²) in [6.45, 7) is 9.34. The van der Waals surface area contributed by atoms with Crippen LogP contribution in [0.5, 0.6) is 5.75 Å². The molecule has 3 aromatic rings. The fourth-order valence-electron chi connectivity index (χ4n) is 5.38. The number of piperidine rings is 1. The van der Waals surface area contributed by atoms with Gasteiger partial charge >= 0.3 is 0 Å². The van der Waals surface area contributed by atoms with E-state index >= 15 is 0 Å². The fourth-order valence-corrected chi connectivity index (χ4v) is 7.93. The summed E-state index contributed by atoms with van der Waals surface area (Å²) in [4.78, 5) is 23.4. The largest absolute Gasteiger partial charge is 0.494 e. The van der Waals surface area contributed by atoms with Crippen LogP contribution in [0.25, 0.3) is 10.2 Å². The molecule has 0 unspecified atom stereocenters. The third-order valence-corrected chi connectivity index (χ3v) is 11.0. The molecule has 5 rings (SSSR count). The monoisotopic (exact) mass is 586 g/mol. The van der Waals surface area contributed by atoms with Crippen LogP contribution in [0.15, 0.2) is 41.3 Å². The van der Waals surface area contributed by atoms with E-state index in [4.69, 9.17) is 14.5 Å². The number of ether oxygens (including phenoxy) is 2. The summed E-state index contributed by atoms with van der Waals surface area (Å²) in [5, 5.41) is 0.671. The van der Waals surface area contributed by atoms with Crippen LogP contribution in [0.4, 0.5) is 5.13 Å². The topological polar surface area (TPSA) is 92.3 Å². The van der Waals surface area contributed by atoms with Gasteiger partial charge in [-0.25, -0.2) is 13.4 Å². The van der Waals surface area contributed by atoms with E-state index in [0.717, 1.165) is 60.6 Å². The lowest BCUT2D eigenvalue weighted by atomic mass is 9.96. The second-order valence-electron chi connectivity index (χ2n) is 10.5.